The van der Waals surface area contributed by atoms with Gasteiger partial charge in [0.05, 0.1) is 37.2 Å². The van der Waals surface area contributed by atoms with E-state index >= 15 is 0 Å². The molecule has 1 aliphatic carbocycles. The zero-order valence-corrected chi connectivity index (χ0v) is 18.9. The summed E-state index contributed by atoms with van der Waals surface area (Å²) in [4.78, 5) is 16.0. The number of fused-ring (bicyclic) bond motifs is 2. The first-order valence-electron chi connectivity index (χ1n) is 11.6. The number of imidazole rings is 1. The van der Waals surface area contributed by atoms with Crippen LogP contribution in [0.5, 0.6) is 0 Å². The number of aromatic nitrogens is 6. The summed E-state index contributed by atoms with van der Waals surface area (Å²) in [7, 11) is 0. The summed E-state index contributed by atoms with van der Waals surface area (Å²) >= 11 is 0. The van der Waals surface area contributed by atoms with Crippen LogP contribution in [-0.2, 0) is 11.3 Å². The highest BCUT2D eigenvalue weighted by Gasteiger charge is 2.34. The van der Waals surface area contributed by atoms with Gasteiger partial charge >= 0.3 is 0 Å². The van der Waals surface area contributed by atoms with Gasteiger partial charge in [0.15, 0.2) is 5.65 Å². The Kier molecular flexibility index (Phi) is 5.37. The van der Waals surface area contributed by atoms with Crippen LogP contribution < -0.4 is 5.32 Å². The van der Waals surface area contributed by atoms with Gasteiger partial charge in [-0.05, 0) is 38.0 Å². The molecule has 1 aliphatic heterocycles. The Bertz CT molecular complexity index is 1320. The molecule has 2 aliphatic rings. The lowest BCUT2D eigenvalue weighted by Crippen LogP contribution is -2.53. The standard InChI is InChI=1S/C23H26F2N8O/c1-14-27-19-3-2-18(29-22(19)32(14)13-21(24)25)17-4-5-33-20(17)12-26-23(30-33)28-15-10-16(11-15)31-6-8-34-9-7-31/h2-5,12,15-16,21H,6-11,13H2,1H3,(H,28,30)/t15-,16-. The van der Waals surface area contributed by atoms with Crippen molar-refractivity contribution >= 4 is 22.6 Å². The van der Waals surface area contributed by atoms with Gasteiger partial charge in [-0.15, -0.1) is 5.10 Å². The Morgan fingerprint density at radius 1 is 1.15 bits per heavy atom. The van der Waals surface area contributed by atoms with Crippen LogP contribution in [0.2, 0.25) is 0 Å². The van der Waals surface area contributed by atoms with Crippen molar-refractivity contribution < 1.29 is 13.5 Å². The number of halogens is 2. The summed E-state index contributed by atoms with van der Waals surface area (Å²) in [6, 6.07) is 6.55. The second-order valence-corrected chi connectivity index (χ2v) is 8.96. The molecule has 5 heterocycles. The quantitative estimate of drug-likeness (QED) is 0.466. The largest absolute Gasteiger partial charge is 0.379 e. The van der Waals surface area contributed by atoms with Crippen LogP contribution in [-0.4, -0.2) is 78.8 Å². The molecule has 1 saturated carbocycles. The fourth-order valence-corrected chi connectivity index (χ4v) is 4.93. The van der Waals surface area contributed by atoms with Crippen LogP contribution in [0.3, 0.4) is 0 Å². The number of nitrogens with zero attached hydrogens (tertiary/aromatic N) is 7. The minimum absolute atomic E-state index is 0.364. The summed E-state index contributed by atoms with van der Waals surface area (Å²) in [5, 5.41) is 8.06. The van der Waals surface area contributed by atoms with E-state index in [1.165, 1.54) is 4.57 Å². The van der Waals surface area contributed by atoms with Crippen molar-refractivity contribution in [2.75, 3.05) is 31.6 Å². The van der Waals surface area contributed by atoms with Crippen molar-refractivity contribution in [2.45, 2.75) is 44.8 Å². The first kappa shape index (κ1) is 21.4. The molecule has 34 heavy (non-hydrogen) atoms. The second kappa shape index (κ2) is 8.55. The molecule has 4 aromatic heterocycles. The zero-order valence-electron chi connectivity index (χ0n) is 18.9. The highest BCUT2D eigenvalue weighted by molar-refractivity contribution is 5.82. The molecule has 0 bridgehead atoms. The molecule has 0 atom stereocenters. The minimum atomic E-state index is -2.48. The number of hydrogen-bond acceptors (Lipinski definition) is 7. The topological polar surface area (TPSA) is 85.4 Å². The number of rotatable bonds is 6. The molecule has 178 valence electrons. The number of morpholine rings is 1. The van der Waals surface area contributed by atoms with E-state index in [0.29, 0.717) is 40.7 Å². The molecular weight excluding hydrogens is 442 g/mol. The van der Waals surface area contributed by atoms with Gasteiger partial charge in [-0.25, -0.2) is 28.2 Å². The van der Waals surface area contributed by atoms with Gasteiger partial charge in [0, 0.05) is 36.9 Å². The highest BCUT2D eigenvalue weighted by atomic mass is 19.3. The van der Waals surface area contributed by atoms with Crippen LogP contribution in [0.1, 0.15) is 18.7 Å². The third-order valence-corrected chi connectivity index (χ3v) is 6.80. The van der Waals surface area contributed by atoms with E-state index in [4.69, 9.17) is 4.74 Å². The Morgan fingerprint density at radius 3 is 2.76 bits per heavy atom. The van der Waals surface area contributed by atoms with Gasteiger partial charge in [-0.1, -0.05) is 0 Å². The lowest BCUT2D eigenvalue weighted by atomic mass is 9.85. The Labute approximate surface area is 194 Å². The number of nitrogens with one attached hydrogen (secondary N) is 1. The summed E-state index contributed by atoms with van der Waals surface area (Å²) < 4.78 is 34.8. The maximum Gasteiger partial charge on any atom is 0.256 e. The molecule has 0 unspecified atom stereocenters. The van der Waals surface area contributed by atoms with Gasteiger partial charge in [-0.2, -0.15) is 0 Å². The first-order valence-corrected chi connectivity index (χ1v) is 11.6. The van der Waals surface area contributed by atoms with Crippen molar-refractivity contribution in [3.63, 3.8) is 0 Å². The van der Waals surface area contributed by atoms with E-state index in [9.17, 15) is 8.78 Å². The number of ether oxygens (including phenoxy) is 1. The molecule has 9 nitrogen and oxygen atoms in total. The number of pyridine rings is 1. The van der Waals surface area contributed by atoms with Crippen LogP contribution in [0.15, 0.2) is 30.6 Å². The molecule has 6 rings (SSSR count). The normalized spacial score (nSPS) is 21.4. The average molecular weight is 469 g/mol. The van der Waals surface area contributed by atoms with E-state index in [2.05, 4.69) is 30.3 Å². The maximum absolute atomic E-state index is 13.1. The van der Waals surface area contributed by atoms with Crippen LogP contribution >= 0.6 is 0 Å². The van der Waals surface area contributed by atoms with Crippen LogP contribution in [0.25, 0.3) is 27.9 Å². The molecule has 0 spiro atoms. The van der Waals surface area contributed by atoms with E-state index in [-0.39, 0.29) is 0 Å². The summed E-state index contributed by atoms with van der Waals surface area (Å²) in [5.41, 5.74) is 3.36. The molecule has 0 amide bonds. The molecule has 11 heteroatoms. The number of alkyl halides is 2. The zero-order chi connectivity index (χ0) is 23.2. The van der Waals surface area contributed by atoms with E-state index in [1.54, 1.807) is 17.6 Å². The van der Waals surface area contributed by atoms with E-state index in [0.717, 1.165) is 50.2 Å². The van der Waals surface area contributed by atoms with Crippen LogP contribution in [0, 0.1) is 6.92 Å². The van der Waals surface area contributed by atoms with Crippen LogP contribution in [0.4, 0.5) is 14.7 Å². The first-order chi connectivity index (χ1) is 16.5. The van der Waals surface area contributed by atoms with Crippen molar-refractivity contribution in [1.82, 2.24) is 34.0 Å². The minimum Gasteiger partial charge on any atom is -0.379 e. The third kappa shape index (κ3) is 3.88. The van der Waals surface area contributed by atoms with Crippen molar-refractivity contribution in [3.8, 4) is 11.3 Å². The van der Waals surface area contributed by atoms with Gasteiger partial charge in [0.2, 0.25) is 5.95 Å². The predicted octanol–water partition coefficient (Wildman–Crippen LogP) is 2.99. The fraction of sp³-hybridized carbons (Fsp3) is 0.478. The number of anilines is 1. The SMILES string of the molecule is Cc1nc2ccc(-c3ccn4nc(N[C@H]5C[C@H](N6CCOCC6)C5)ncc34)nc2n1CC(F)F. The number of aryl methyl sites for hydroxylation is 1. The van der Waals surface area contributed by atoms with Gasteiger partial charge < -0.3 is 14.6 Å². The number of hydrogen-bond donors (Lipinski definition) is 1. The monoisotopic (exact) mass is 468 g/mol. The molecule has 2 fully saturated rings. The van der Waals surface area contributed by atoms with Crippen molar-refractivity contribution in [1.29, 1.82) is 0 Å². The van der Waals surface area contributed by atoms with Gasteiger partial charge in [0.25, 0.3) is 6.43 Å². The lowest BCUT2D eigenvalue weighted by molar-refractivity contribution is -0.00443. The summed E-state index contributed by atoms with van der Waals surface area (Å²) in [5.74, 6) is 1.11. The predicted molar refractivity (Wildman–Crippen MR) is 123 cm³/mol. The molecule has 1 saturated heterocycles. The summed E-state index contributed by atoms with van der Waals surface area (Å²) in [6.45, 7) is 4.94. The van der Waals surface area contributed by atoms with Crippen molar-refractivity contribution in [2.24, 2.45) is 0 Å². The maximum atomic E-state index is 13.1. The Hall–Kier alpha value is -3.18. The molecule has 0 radical (unpaired) electrons. The van der Waals surface area contributed by atoms with E-state index in [1.807, 2.05) is 24.4 Å². The molecule has 1 N–H and O–H groups in total. The van der Waals surface area contributed by atoms with Gasteiger partial charge in [0.1, 0.15) is 11.3 Å². The molecule has 0 aromatic carbocycles. The average Bonchev–Trinajstić information content (AvgIpc) is 3.36. The third-order valence-electron chi connectivity index (χ3n) is 6.80. The molecule has 4 aromatic rings. The molecular formula is C23H26F2N8O. The fourth-order valence-electron chi connectivity index (χ4n) is 4.93. The Morgan fingerprint density at radius 2 is 1.97 bits per heavy atom. The summed E-state index contributed by atoms with van der Waals surface area (Å²) in [6.07, 6.45) is 3.32. The highest BCUT2D eigenvalue weighted by Crippen LogP contribution is 2.30. The smallest absolute Gasteiger partial charge is 0.256 e. The second-order valence-electron chi connectivity index (χ2n) is 8.96. The van der Waals surface area contributed by atoms with Gasteiger partial charge in [-0.3, -0.25) is 4.90 Å². The Balaban J connectivity index is 1.20. The lowest BCUT2D eigenvalue weighted by Gasteiger charge is -2.44. The van der Waals surface area contributed by atoms with Crippen molar-refractivity contribution in [3.05, 3.63) is 36.4 Å². The van der Waals surface area contributed by atoms with E-state index < -0.39 is 13.0 Å².